The van der Waals surface area contributed by atoms with Crippen LogP contribution in [-0.4, -0.2) is 57.3 Å². The van der Waals surface area contributed by atoms with Crippen LogP contribution in [0.2, 0.25) is 5.02 Å². The lowest BCUT2D eigenvalue weighted by atomic mass is 10.1. The Balaban J connectivity index is 1.50. The second kappa shape index (κ2) is 12.0. The Labute approximate surface area is 234 Å². The minimum atomic E-state index is -0.0582. The van der Waals surface area contributed by atoms with Crippen molar-refractivity contribution in [1.29, 1.82) is 0 Å². The number of benzene rings is 3. The first kappa shape index (κ1) is 26.9. The molecule has 0 atom stereocenters. The number of anilines is 1. The average Bonchev–Trinajstić information content (AvgIpc) is 3.35. The van der Waals surface area contributed by atoms with E-state index in [0.29, 0.717) is 30.2 Å². The van der Waals surface area contributed by atoms with Gasteiger partial charge in [-0.05, 0) is 54.8 Å². The normalized spacial score (nSPS) is 15.2. The average molecular weight is 544 g/mol. The van der Waals surface area contributed by atoms with Crippen molar-refractivity contribution in [2.45, 2.75) is 39.9 Å². The number of fused-ring (bicyclic) bond motifs is 2. The molecule has 2 heterocycles. The highest BCUT2D eigenvalue weighted by Gasteiger charge is 2.24. The molecule has 0 spiro atoms. The van der Waals surface area contributed by atoms with E-state index in [2.05, 4.69) is 33.5 Å². The highest BCUT2D eigenvalue weighted by Crippen LogP contribution is 2.28. The van der Waals surface area contributed by atoms with E-state index >= 15 is 0 Å². The third-order valence-electron chi connectivity index (χ3n) is 7.37. The van der Waals surface area contributed by atoms with Crippen LogP contribution in [0.15, 0.2) is 73.1 Å². The van der Waals surface area contributed by atoms with Crippen molar-refractivity contribution in [3.63, 3.8) is 0 Å². The van der Waals surface area contributed by atoms with E-state index in [4.69, 9.17) is 11.6 Å². The molecule has 0 N–H and O–H groups in total. The van der Waals surface area contributed by atoms with Crippen LogP contribution in [0, 0.1) is 0 Å². The summed E-state index contributed by atoms with van der Waals surface area (Å²) >= 11 is 6.39. The van der Waals surface area contributed by atoms with Gasteiger partial charge < -0.3 is 14.4 Å². The molecule has 7 nitrogen and oxygen atoms in total. The number of imidazole rings is 1. The van der Waals surface area contributed by atoms with Crippen molar-refractivity contribution >= 4 is 40.1 Å². The number of halogens is 1. The van der Waals surface area contributed by atoms with Gasteiger partial charge in [-0.2, -0.15) is 0 Å². The molecule has 1 aromatic heterocycles. The maximum absolute atomic E-state index is 14.0. The Bertz CT molecular complexity index is 1470. The summed E-state index contributed by atoms with van der Waals surface area (Å²) in [5, 5.41) is 0.565. The van der Waals surface area contributed by atoms with E-state index < -0.39 is 0 Å². The Morgan fingerprint density at radius 2 is 1.77 bits per heavy atom. The highest BCUT2D eigenvalue weighted by molar-refractivity contribution is 6.31. The monoisotopic (exact) mass is 543 g/mol. The maximum atomic E-state index is 14.0. The molecule has 8 heteroatoms. The van der Waals surface area contributed by atoms with Crippen LogP contribution in [0.1, 0.15) is 41.8 Å². The molecule has 5 rings (SSSR count). The fourth-order valence-electron chi connectivity index (χ4n) is 5.29. The van der Waals surface area contributed by atoms with Crippen LogP contribution in [0.5, 0.6) is 0 Å². The third-order valence-corrected chi connectivity index (χ3v) is 7.60. The molecule has 1 aliphatic heterocycles. The smallest absolute Gasteiger partial charge is 0.254 e. The SMILES string of the molecule is CCn1cnc2cc(C(=O)N3CCN(Cc4ccccc4)CCCN(C(C)=O)c4cc(Cl)ccc4C3)ccc21. The molecule has 0 saturated heterocycles. The molecule has 4 aromatic rings. The van der Waals surface area contributed by atoms with Gasteiger partial charge in [0.15, 0.2) is 0 Å². The van der Waals surface area contributed by atoms with Crippen molar-refractivity contribution in [2.75, 3.05) is 31.1 Å². The zero-order valence-electron chi connectivity index (χ0n) is 22.5. The lowest BCUT2D eigenvalue weighted by Crippen LogP contribution is -2.38. The summed E-state index contributed by atoms with van der Waals surface area (Å²) in [5.74, 6) is -0.0978. The van der Waals surface area contributed by atoms with Crippen LogP contribution in [-0.2, 0) is 24.4 Å². The van der Waals surface area contributed by atoms with Gasteiger partial charge in [0.25, 0.3) is 5.91 Å². The summed E-state index contributed by atoms with van der Waals surface area (Å²) in [4.78, 5) is 37.3. The Morgan fingerprint density at radius 3 is 2.54 bits per heavy atom. The number of aromatic nitrogens is 2. The van der Waals surface area contributed by atoms with Gasteiger partial charge in [0.05, 0.1) is 23.0 Å². The number of amides is 2. The van der Waals surface area contributed by atoms with Crippen molar-refractivity contribution in [2.24, 2.45) is 0 Å². The molecule has 0 unspecified atom stereocenters. The van der Waals surface area contributed by atoms with Crippen LogP contribution in [0.3, 0.4) is 0 Å². The molecule has 1 aliphatic rings. The summed E-state index contributed by atoms with van der Waals surface area (Å²) in [6.45, 7) is 8.28. The minimum absolute atomic E-state index is 0.0396. The number of carbonyl (C=O) groups is 2. The van der Waals surface area contributed by atoms with Gasteiger partial charge in [0.2, 0.25) is 5.91 Å². The summed E-state index contributed by atoms with van der Waals surface area (Å²) in [6, 6.07) is 21.7. The van der Waals surface area contributed by atoms with Gasteiger partial charge in [-0.25, -0.2) is 4.98 Å². The lowest BCUT2D eigenvalue weighted by Gasteiger charge is -2.28. The van der Waals surface area contributed by atoms with Gasteiger partial charge in [-0.1, -0.05) is 48.0 Å². The summed E-state index contributed by atoms with van der Waals surface area (Å²) in [6.07, 6.45) is 2.62. The first-order valence-electron chi connectivity index (χ1n) is 13.5. The second-order valence-electron chi connectivity index (χ2n) is 10.0. The van der Waals surface area contributed by atoms with E-state index in [1.807, 2.05) is 65.8 Å². The van der Waals surface area contributed by atoms with E-state index in [1.54, 1.807) is 11.8 Å². The summed E-state index contributed by atoms with van der Waals surface area (Å²) in [5.41, 5.74) is 5.31. The minimum Gasteiger partial charge on any atom is -0.333 e. The molecule has 3 aromatic carbocycles. The molecular weight excluding hydrogens is 510 g/mol. The molecule has 2 amide bonds. The first-order valence-corrected chi connectivity index (χ1v) is 13.9. The molecule has 0 aliphatic carbocycles. The Hall–Kier alpha value is -3.68. The Morgan fingerprint density at radius 1 is 0.949 bits per heavy atom. The molecule has 202 valence electrons. The predicted octanol–water partition coefficient (Wildman–Crippen LogP) is 5.61. The van der Waals surface area contributed by atoms with E-state index in [0.717, 1.165) is 54.9 Å². The fourth-order valence-corrected chi connectivity index (χ4v) is 5.45. The zero-order chi connectivity index (χ0) is 27.4. The molecule has 0 fully saturated rings. The number of hydrogen-bond acceptors (Lipinski definition) is 4. The van der Waals surface area contributed by atoms with Crippen LogP contribution in [0.4, 0.5) is 5.69 Å². The number of aryl methyl sites for hydroxylation is 1. The quantitative estimate of drug-likeness (QED) is 0.335. The van der Waals surface area contributed by atoms with Crippen LogP contribution < -0.4 is 4.90 Å². The van der Waals surface area contributed by atoms with Crippen LogP contribution in [0.25, 0.3) is 11.0 Å². The van der Waals surface area contributed by atoms with E-state index in [1.165, 1.54) is 5.56 Å². The second-order valence-corrected chi connectivity index (χ2v) is 10.5. The maximum Gasteiger partial charge on any atom is 0.254 e. The van der Waals surface area contributed by atoms with Crippen molar-refractivity contribution in [1.82, 2.24) is 19.4 Å². The van der Waals surface area contributed by atoms with E-state index in [-0.39, 0.29) is 11.8 Å². The first-order chi connectivity index (χ1) is 18.9. The third kappa shape index (κ3) is 6.15. The molecule has 0 saturated carbocycles. The highest BCUT2D eigenvalue weighted by atomic mass is 35.5. The summed E-state index contributed by atoms with van der Waals surface area (Å²) in [7, 11) is 0. The largest absolute Gasteiger partial charge is 0.333 e. The zero-order valence-corrected chi connectivity index (χ0v) is 23.3. The molecule has 0 radical (unpaired) electrons. The number of nitrogens with zero attached hydrogens (tertiary/aromatic N) is 5. The van der Waals surface area contributed by atoms with Gasteiger partial charge in [0, 0.05) is 63.3 Å². The Kier molecular flexibility index (Phi) is 8.29. The van der Waals surface area contributed by atoms with Crippen molar-refractivity contribution in [3.05, 3.63) is 94.8 Å². The fraction of sp³-hybridized carbons (Fsp3) is 0.323. The lowest BCUT2D eigenvalue weighted by molar-refractivity contribution is -0.116. The van der Waals surface area contributed by atoms with Crippen LogP contribution >= 0.6 is 11.6 Å². The number of carbonyl (C=O) groups excluding carboxylic acids is 2. The molecular formula is C31H34ClN5O2. The topological polar surface area (TPSA) is 61.7 Å². The molecule has 39 heavy (non-hydrogen) atoms. The van der Waals surface area contributed by atoms with Gasteiger partial charge in [0.1, 0.15) is 0 Å². The predicted molar refractivity (Wildman–Crippen MR) is 156 cm³/mol. The number of rotatable bonds is 4. The van der Waals surface area contributed by atoms with Crippen molar-refractivity contribution in [3.8, 4) is 0 Å². The van der Waals surface area contributed by atoms with E-state index in [9.17, 15) is 9.59 Å². The van der Waals surface area contributed by atoms with Gasteiger partial charge >= 0.3 is 0 Å². The van der Waals surface area contributed by atoms with Gasteiger partial charge in [-0.15, -0.1) is 0 Å². The molecule has 0 bridgehead atoms. The standard InChI is InChI=1S/C31H34ClN5O2/c1-3-35-22-33-28-18-25(11-13-29(28)35)31(39)36-17-16-34(20-24-8-5-4-6-9-24)14-7-15-37(23(2)38)30-19-27(32)12-10-26(30)21-36/h4-6,8-13,18-19,22H,3,7,14-17,20-21H2,1-2H3. The van der Waals surface area contributed by atoms with Crippen molar-refractivity contribution < 1.29 is 9.59 Å². The summed E-state index contributed by atoms with van der Waals surface area (Å²) < 4.78 is 2.06. The number of hydrogen-bond donors (Lipinski definition) is 0. The van der Waals surface area contributed by atoms with Gasteiger partial charge in [-0.3, -0.25) is 14.5 Å².